The van der Waals surface area contributed by atoms with Crippen molar-refractivity contribution in [1.82, 2.24) is 20.8 Å². The lowest BCUT2D eigenvalue weighted by atomic mass is 10.0. The second-order valence-corrected chi connectivity index (χ2v) is 7.61. The molecule has 8 heteroatoms. The minimum absolute atomic E-state index is 0.211. The number of ether oxygens (including phenoxy) is 2. The van der Waals surface area contributed by atoms with Gasteiger partial charge in [-0.05, 0) is 48.4 Å². The summed E-state index contributed by atoms with van der Waals surface area (Å²) in [5.74, 6) is 0.793. The van der Waals surface area contributed by atoms with E-state index in [9.17, 15) is 4.79 Å². The molecule has 30 heavy (non-hydrogen) atoms. The van der Waals surface area contributed by atoms with E-state index in [0.29, 0.717) is 19.6 Å². The highest BCUT2D eigenvalue weighted by Gasteiger charge is 2.17. The molecule has 2 aromatic carbocycles. The minimum Gasteiger partial charge on any atom is -0.494 e. The van der Waals surface area contributed by atoms with Gasteiger partial charge in [-0.1, -0.05) is 0 Å². The molecule has 0 atom stereocenters. The summed E-state index contributed by atoms with van der Waals surface area (Å²) in [5, 5.41) is 14.9. The molecule has 3 heterocycles. The van der Waals surface area contributed by atoms with Crippen molar-refractivity contribution < 1.29 is 14.3 Å². The number of carbonyl (C=O) groups is 1. The van der Waals surface area contributed by atoms with Crippen LogP contribution in [0.3, 0.4) is 0 Å². The van der Waals surface area contributed by atoms with Crippen LogP contribution >= 0.6 is 0 Å². The number of cyclic esters (lactones) is 1. The van der Waals surface area contributed by atoms with Crippen molar-refractivity contribution >= 4 is 22.7 Å². The maximum absolute atomic E-state index is 12.1. The Hall–Kier alpha value is -3.26. The molecule has 1 saturated heterocycles. The number of amides is 1. The number of nitrogens with zero attached hydrogens (tertiary/aromatic N) is 2. The van der Waals surface area contributed by atoms with Gasteiger partial charge in [0.25, 0.3) is 0 Å². The molecule has 2 aliphatic rings. The van der Waals surface area contributed by atoms with E-state index in [4.69, 9.17) is 9.47 Å². The number of aromatic amines is 1. The molecule has 1 aromatic heterocycles. The van der Waals surface area contributed by atoms with E-state index in [0.717, 1.165) is 65.3 Å². The molecule has 0 aliphatic carbocycles. The topological polar surface area (TPSA) is 91.5 Å². The third-order valence-corrected chi connectivity index (χ3v) is 5.50. The predicted octanol–water partition coefficient (Wildman–Crippen LogP) is 2.65. The number of hydrogen-bond acceptors (Lipinski definition) is 6. The van der Waals surface area contributed by atoms with Crippen LogP contribution in [0, 0.1) is 0 Å². The van der Waals surface area contributed by atoms with Crippen LogP contribution in [0.1, 0.15) is 12.0 Å². The number of alkyl carbamates (subject to hydrolysis) is 1. The Kier molecular flexibility index (Phi) is 5.15. The van der Waals surface area contributed by atoms with Gasteiger partial charge in [0, 0.05) is 49.4 Å². The maximum Gasteiger partial charge on any atom is 0.407 e. The van der Waals surface area contributed by atoms with E-state index in [1.807, 2.05) is 24.3 Å². The molecular weight excluding hydrogens is 382 g/mol. The molecule has 0 unspecified atom stereocenters. The van der Waals surface area contributed by atoms with Crippen LogP contribution in [-0.4, -0.2) is 55.6 Å². The third kappa shape index (κ3) is 3.91. The quantitative estimate of drug-likeness (QED) is 0.575. The number of rotatable bonds is 1. The molecule has 0 spiro atoms. The van der Waals surface area contributed by atoms with Gasteiger partial charge in [-0.2, -0.15) is 5.10 Å². The Morgan fingerprint density at radius 3 is 2.80 bits per heavy atom. The summed E-state index contributed by atoms with van der Waals surface area (Å²) in [6.07, 6.45) is 0.286. The van der Waals surface area contributed by atoms with Gasteiger partial charge in [-0.15, -0.1) is 0 Å². The van der Waals surface area contributed by atoms with Crippen LogP contribution in [-0.2, 0) is 11.3 Å². The molecule has 1 fully saturated rings. The van der Waals surface area contributed by atoms with E-state index in [1.54, 1.807) is 0 Å². The SMILES string of the molecule is O=C1NCCCOc2ccc3[nH]nc(c3c2)-c2cc(cc(N3CCNCC3)c2)CO1. The van der Waals surface area contributed by atoms with E-state index >= 15 is 0 Å². The number of piperazine rings is 1. The Morgan fingerprint density at radius 1 is 1.00 bits per heavy atom. The van der Waals surface area contributed by atoms with Crippen LogP contribution in [0.2, 0.25) is 0 Å². The molecule has 2 aliphatic heterocycles. The summed E-state index contributed by atoms with van der Waals surface area (Å²) in [4.78, 5) is 14.4. The third-order valence-electron chi connectivity index (χ3n) is 5.50. The first-order chi connectivity index (χ1) is 14.8. The van der Waals surface area contributed by atoms with Crippen molar-refractivity contribution in [3.63, 3.8) is 0 Å². The average molecular weight is 407 g/mol. The van der Waals surface area contributed by atoms with Gasteiger partial charge >= 0.3 is 6.09 Å². The first-order valence-corrected chi connectivity index (χ1v) is 10.4. The summed E-state index contributed by atoms with van der Waals surface area (Å²) in [6.45, 7) is 4.99. The van der Waals surface area contributed by atoms with Crippen molar-refractivity contribution in [2.75, 3.05) is 44.2 Å². The van der Waals surface area contributed by atoms with E-state index in [2.05, 4.69) is 37.9 Å². The number of anilines is 1. The van der Waals surface area contributed by atoms with Crippen molar-refractivity contribution in [3.8, 4) is 17.0 Å². The van der Waals surface area contributed by atoms with Crippen LogP contribution in [0.15, 0.2) is 36.4 Å². The zero-order chi connectivity index (χ0) is 20.3. The molecule has 1 amide bonds. The van der Waals surface area contributed by atoms with Crippen LogP contribution < -0.4 is 20.3 Å². The number of benzene rings is 2. The molecule has 3 aromatic rings. The fourth-order valence-electron chi connectivity index (χ4n) is 3.96. The van der Waals surface area contributed by atoms with Gasteiger partial charge in [0.2, 0.25) is 0 Å². The highest BCUT2D eigenvalue weighted by Crippen LogP contribution is 2.33. The molecule has 5 rings (SSSR count). The Bertz CT molecular complexity index is 1060. The van der Waals surface area contributed by atoms with Crippen LogP contribution in [0.25, 0.3) is 22.2 Å². The summed E-state index contributed by atoms with van der Waals surface area (Å²) in [7, 11) is 0. The lowest BCUT2D eigenvalue weighted by Gasteiger charge is -2.30. The minimum atomic E-state index is -0.415. The van der Waals surface area contributed by atoms with Gasteiger partial charge in [-0.25, -0.2) is 4.79 Å². The Labute approximate surface area is 174 Å². The molecule has 4 bridgehead atoms. The smallest absolute Gasteiger partial charge is 0.407 e. The van der Waals surface area contributed by atoms with Crippen LogP contribution in [0.4, 0.5) is 10.5 Å². The Balaban J connectivity index is 1.60. The number of H-pyrrole nitrogens is 1. The highest BCUT2D eigenvalue weighted by atomic mass is 16.5. The summed E-state index contributed by atoms with van der Waals surface area (Å²) in [6, 6.07) is 12.3. The van der Waals surface area contributed by atoms with E-state index in [1.165, 1.54) is 0 Å². The second kappa shape index (κ2) is 8.23. The fourth-order valence-corrected chi connectivity index (χ4v) is 3.96. The highest BCUT2D eigenvalue weighted by molar-refractivity contribution is 5.94. The van der Waals surface area contributed by atoms with Crippen molar-refractivity contribution in [2.45, 2.75) is 13.0 Å². The number of fused-ring (bicyclic) bond motifs is 4. The van der Waals surface area contributed by atoms with Gasteiger partial charge in [0.1, 0.15) is 18.1 Å². The van der Waals surface area contributed by atoms with E-state index in [-0.39, 0.29) is 6.61 Å². The van der Waals surface area contributed by atoms with Gasteiger partial charge in [0.05, 0.1) is 12.1 Å². The maximum atomic E-state index is 12.1. The summed E-state index contributed by atoms with van der Waals surface area (Å²) < 4.78 is 11.3. The monoisotopic (exact) mass is 407 g/mol. The first-order valence-electron chi connectivity index (χ1n) is 10.4. The zero-order valence-corrected chi connectivity index (χ0v) is 16.7. The van der Waals surface area contributed by atoms with Gasteiger partial charge in [-0.3, -0.25) is 5.10 Å². The lowest BCUT2D eigenvalue weighted by molar-refractivity contribution is 0.139. The molecule has 0 radical (unpaired) electrons. The largest absolute Gasteiger partial charge is 0.494 e. The summed E-state index contributed by atoms with van der Waals surface area (Å²) >= 11 is 0. The van der Waals surface area contributed by atoms with Gasteiger partial charge < -0.3 is 25.0 Å². The molecule has 3 N–H and O–H groups in total. The van der Waals surface area contributed by atoms with Crippen molar-refractivity contribution in [2.24, 2.45) is 0 Å². The predicted molar refractivity (Wildman–Crippen MR) is 115 cm³/mol. The zero-order valence-electron chi connectivity index (χ0n) is 16.7. The average Bonchev–Trinajstić information content (AvgIpc) is 3.21. The molecule has 0 saturated carbocycles. The van der Waals surface area contributed by atoms with Gasteiger partial charge in [0.15, 0.2) is 0 Å². The normalized spacial score (nSPS) is 17.6. The Morgan fingerprint density at radius 2 is 1.90 bits per heavy atom. The second-order valence-electron chi connectivity index (χ2n) is 7.61. The number of hydrogen-bond donors (Lipinski definition) is 3. The van der Waals surface area contributed by atoms with Crippen LogP contribution in [0.5, 0.6) is 5.75 Å². The molecular formula is C22H25N5O3. The van der Waals surface area contributed by atoms with Crippen molar-refractivity contribution in [1.29, 1.82) is 0 Å². The van der Waals surface area contributed by atoms with E-state index < -0.39 is 6.09 Å². The number of aromatic nitrogens is 2. The lowest BCUT2D eigenvalue weighted by Crippen LogP contribution is -2.43. The first kappa shape index (κ1) is 18.7. The number of carbonyl (C=O) groups excluding carboxylic acids is 1. The molecule has 8 nitrogen and oxygen atoms in total. The van der Waals surface area contributed by atoms with Crippen molar-refractivity contribution in [3.05, 3.63) is 42.0 Å². The number of nitrogens with one attached hydrogen (secondary N) is 3. The molecule has 156 valence electrons. The summed E-state index contributed by atoms with van der Waals surface area (Å²) in [5.41, 5.74) is 4.87. The standard InChI is InChI=1S/C22H25N5O3/c28-22-24-4-1-9-29-18-2-3-20-19(13-18)21(26-25-20)16-10-15(14-30-22)11-17(12-16)27-7-5-23-6-8-27/h2-3,10-13,23H,1,4-9,14H2,(H,24,28)(H,25,26). The fraction of sp³-hybridized carbons (Fsp3) is 0.364.